The molecule has 4 nitrogen and oxygen atoms in total. The first-order valence-corrected chi connectivity index (χ1v) is 5.87. The molecule has 74 valence electrons. The van der Waals surface area contributed by atoms with E-state index in [0.717, 1.165) is 6.20 Å². The summed E-state index contributed by atoms with van der Waals surface area (Å²) in [7, 11) is 1.15. The van der Waals surface area contributed by atoms with Crippen LogP contribution in [0, 0.1) is 5.82 Å². The summed E-state index contributed by atoms with van der Waals surface area (Å²) in [5, 5.41) is -0.357. The standard InChI is InChI=1S/C7H4ClFN2O2S/c8-14(12,13)6-4-11-3-1-2-5(9)7(11)10-6/h1-4H. The minimum Gasteiger partial charge on any atom is -0.303 e. The third-order valence-corrected chi connectivity index (χ3v) is 2.83. The van der Waals surface area contributed by atoms with Crippen molar-refractivity contribution < 1.29 is 12.8 Å². The zero-order valence-electron chi connectivity index (χ0n) is 6.68. The summed E-state index contributed by atoms with van der Waals surface area (Å²) in [6.45, 7) is 0. The Bertz CT molecular complexity index is 593. The van der Waals surface area contributed by atoms with Gasteiger partial charge in [-0.15, -0.1) is 0 Å². The largest absolute Gasteiger partial charge is 0.303 e. The average molecular weight is 235 g/mol. The van der Waals surface area contributed by atoms with Crippen LogP contribution in [0.4, 0.5) is 4.39 Å². The monoisotopic (exact) mass is 234 g/mol. The van der Waals surface area contributed by atoms with Crippen LogP contribution >= 0.6 is 10.7 Å². The lowest BCUT2D eigenvalue weighted by molar-refractivity contribution is 0.606. The van der Waals surface area contributed by atoms with Gasteiger partial charge < -0.3 is 4.40 Å². The lowest BCUT2D eigenvalue weighted by Gasteiger charge is -1.90. The normalized spacial score (nSPS) is 12.1. The number of fused-ring (bicyclic) bond motifs is 1. The van der Waals surface area contributed by atoms with Crippen molar-refractivity contribution in [2.45, 2.75) is 5.03 Å². The highest BCUT2D eigenvalue weighted by atomic mass is 35.7. The molecule has 0 saturated carbocycles. The van der Waals surface area contributed by atoms with Crippen LogP contribution in [-0.4, -0.2) is 17.8 Å². The fourth-order valence-corrected chi connectivity index (χ4v) is 1.73. The molecule has 2 aromatic heterocycles. The highest BCUT2D eigenvalue weighted by molar-refractivity contribution is 8.13. The lowest BCUT2D eigenvalue weighted by Crippen LogP contribution is -1.89. The Hall–Kier alpha value is -1.14. The number of hydrogen-bond donors (Lipinski definition) is 0. The van der Waals surface area contributed by atoms with Crippen LogP contribution < -0.4 is 0 Å². The summed E-state index contributed by atoms with van der Waals surface area (Å²) in [5.74, 6) is -0.598. The van der Waals surface area contributed by atoms with E-state index in [2.05, 4.69) is 4.98 Å². The Labute approximate surface area is 83.4 Å². The summed E-state index contributed by atoms with van der Waals surface area (Å²) in [4.78, 5) is 3.55. The predicted molar refractivity (Wildman–Crippen MR) is 48.2 cm³/mol. The van der Waals surface area contributed by atoms with E-state index in [1.54, 1.807) is 0 Å². The summed E-state index contributed by atoms with van der Waals surface area (Å²) in [6.07, 6.45) is 2.64. The van der Waals surface area contributed by atoms with Crippen LogP contribution in [0.25, 0.3) is 5.65 Å². The smallest absolute Gasteiger partial charge is 0.280 e. The van der Waals surface area contributed by atoms with E-state index >= 15 is 0 Å². The number of aromatic nitrogens is 2. The highest BCUT2D eigenvalue weighted by Crippen LogP contribution is 2.16. The van der Waals surface area contributed by atoms with Gasteiger partial charge in [0.15, 0.2) is 16.5 Å². The molecule has 0 bridgehead atoms. The Kier molecular flexibility index (Phi) is 1.97. The van der Waals surface area contributed by atoms with Crippen LogP contribution in [0.15, 0.2) is 29.6 Å². The summed E-state index contributed by atoms with van der Waals surface area (Å²) >= 11 is 0. The molecule has 7 heteroatoms. The average Bonchev–Trinajstić information content (AvgIpc) is 2.48. The number of pyridine rings is 1. The van der Waals surface area contributed by atoms with E-state index in [1.165, 1.54) is 22.7 Å². The van der Waals surface area contributed by atoms with Gasteiger partial charge in [-0.05, 0) is 12.1 Å². The number of hydrogen-bond acceptors (Lipinski definition) is 3. The first kappa shape index (κ1) is 9.42. The van der Waals surface area contributed by atoms with Gasteiger partial charge in [-0.2, -0.15) is 0 Å². The van der Waals surface area contributed by atoms with Gasteiger partial charge in [0.25, 0.3) is 9.05 Å². The molecule has 0 radical (unpaired) electrons. The van der Waals surface area contributed by atoms with Crippen LogP contribution in [0.5, 0.6) is 0 Å². The topological polar surface area (TPSA) is 51.4 Å². The Balaban J connectivity index is 2.81. The molecule has 0 aliphatic rings. The SMILES string of the molecule is O=S(=O)(Cl)c1cn2cccc(F)c2n1. The zero-order valence-corrected chi connectivity index (χ0v) is 8.26. The maximum atomic E-state index is 13.1. The molecular formula is C7H4ClFN2O2S. The van der Waals surface area contributed by atoms with E-state index in [-0.39, 0.29) is 10.7 Å². The summed E-state index contributed by atoms with van der Waals surface area (Å²) in [6, 6.07) is 2.63. The van der Waals surface area contributed by atoms with Crippen molar-refractivity contribution in [3.05, 3.63) is 30.3 Å². The van der Waals surface area contributed by atoms with Crippen molar-refractivity contribution >= 4 is 25.4 Å². The molecule has 14 heavy (non-hydrogen) atoms. The third kappa shape index (κ3) is 1.46. The van der Waals surface area contributed by atoms with Crippen molar-refractivity contribution in [3.63, 3.8) is 0 Å². The number of halogens is 2. The van der Waals surface area contributed by atoms with Gasteiger partial charge in [-0.3, -0.25) is 0 Å². The predicted octanol–water partition coefficient (Wildman–Crippen LogP) is 1.40. The molecular weight excluding hydrogens is 231 g/mol. The van der Waals surface area contributed by atoms with Crippen molar-refractivity contribution in [2.24, 2.45) is 0 Å². The second-order valence-electron chi connectivity index (χ2n) is 2.60. The van der Waals surface area contributed by atoms with E-state index in [9.17, 15) is 12.8 Å². The molecule has 2 aromatic rings. The summed E-state index contributed by atoms with van der Waals surface area (Å²) in [5.41, 5.74) is -0.0632. The number of nitrogens with zero attached hydrogens (tertiary/aromatic N) is 2. The fourth-order valence-electron chi connectivity index (χ4n) is 1.07. The van der Waals surface area contributed by atoms with Crippen molar-refractivity contribution in [1.82, 2.24) is 9.38 Å². The highest BCUT2D eigenvalue weighted by Gasteiger charge is 2.15. The quantitative estimate of drug-likeness (QED) is 0.701. The third-order valence-electron chi connectivity index (χ3n) is 1.66. The molecule has 0 aliphatic carbocycles. The fraction of sp³-hybridized carbons (Fsp3) is 0. The lowest BCUT2D eigenvalue weighted by atomic mass is 10.4. The van der Waals surface area contributed by atoms with Crippen molar-refractivity contribution in [3.8, 4) is 0 Å². The molecule has 2 rings (SSSR count). The van der Waals surface area contributed by atoms with Gasteiger partial charge in [-0.1, -0.05) is 0 Å². The molecule has 0 amide bonds. The molecule has 0 fully saturated rings. The minimum atomic E-state index is -3.91. The molecule has 0 aromatic carbocycles. The van der Waals surface area contributed by atoms with Crippen LogP contribution in [0.1, 0.15) is 0 Å². The Morgan fingerprint density at radius 3 is 2.79 bits per heavy atom. The van der Waals surface area contributed by atoms with E-state index in [1.807, 2.05) is 0 Å². The summed E-state index contributed by atoms with van der Waals surface area (Å²) < 4.78 is 36.1. The molecule has 0 N–H and O–H groups in total. The Morgan fingerprint density at radius 1 is 1.50 bits per heavy atom. The van der Waals surface area contributed by atoms with Gasteiger partial charge in [0.2, 0.25) is 0 Å². The van der Waals surface area contributed by atoms with Gasteiger partial charge in [0, 0.05) is 23.1 Å². The van der Waals surface area contributed by atoms with E-state index in [4.69, 9.17) is 10.7 Å². The molecule has 2 heterocycles. The van der Waals surface area contributed by atoms with Crippen LogP contribution in [0.2, 0.25) is 0 Å². The van der Waals surface area contributed by atoms with Gasteiger partial charge in [-0.25, -0.2) is 17.8 Å². The molecule has 0 spiro atoms. The molecule has 0 atom stereocenters. The second-order valence-corrected chi connectivity index (χ2v) is 5.12. The van der Waals surface area contributed by atoms with Crippen LogP contribution in [-0.2, 0) is 9.05 Å². The van der Waals surface area contributed by atoms with Crippen molar-refractivity contribution in [2.75, 3.05) is 0 Å². The Morgan fingerprint density at radius 2 is 2.21 bits per heavy atom. The van der Waals surface area contributed by atoms with Gasteiger partial charge in [0.1, 0.15) is 0 Å². The zero-order chi connectivity index (χ0) is 10.3. The first-order valence-electron chi connectivity index (χ1n) is 3.56. The van der Waals surface area contributed by atoms with E-state index < -0.39 is 14.9 Å². The molecule has 0 aliphatic heterocycles. The van der Waals surface area contributed by atoms with Crippen molar-refractivity contribution in [1.29, 1.82) is 0 Å². The molecule has 0 saturated heterocycles. The minimum absolute atomic E-state index is 0.0632. The van der Waals surface area contributed by atoms with E-state index in [0.29, 0.717) is 0 Å². The van der Waals surface area contributed by atoms with Gasteiger partial charge in [0.05, 0.1) is 0 Å². The van der Waals surface area contributed by atoms with Gasteiger partial charge >= 0.3 is 0 Å². The second kappa shape index (κ2) is 2.93. The number of rotatable bonds is 1. The number of imidazole rings is 1. The maximum absolute atomic E-state index is 13.1. The van der Waals surface area contributed by atoms with Crippen LogP contribution in [0.3, 0.4) is 0 Å². The maximum Gasteiger partial charge on any atom is 0.280 e. The molecule has 0 unspecified atom stereocenters. The first-order chi connectivity index (χ1) is 6.48.